The number of esters is 1. The van der Waals surface area contributed by atoms with Crippen LogP contribution in [0.1, 0.15) is 32.3 Å². The van der Waals surface area contributed by atoms with E-state index >= 15 is 0 Å². The van der Waals surface area contributed by atoms with Gasteiger partial charge in [0.15, 0.2) is 0 Å². The Morgan fingerprint density at radius 3 is 2.17 bits per heavy atom. The van der Waals surface area contributed by atoms with Gasteiger partial charge in [-0.1, -0.05) is 30.3 Å². The van der Waals surface area contributed by atoms with Crippen molar-refractivity contribution < 1.29 is 22.7 Å². The van der Waals surface area contributed by atoms with Gasteiger partial charge in [0.2, 0.25) is 0 Å². The van der Waals surface area contributed by atoms with Crippen LogP contribution in [0.15, 0.2) is 59.5 Å². The summed E-state index contributed by atoms with van der Waals surface area (Å²) in [5, 5.41) is -1.50. The molecule has 0 amide bonds. The van der Waals surface area contributed by atoms with Gasteiger partial charge in [-0.15, -0.1) is 0 Å². The Hall–Kier alpha value is -2.85. The molecule has 0 aliphatic rings. The second kappa shape index (κ2) is 9.10. The highest BCUT2D eigenvalue weighted by atomic mass is 32.2. The molecule has 0 saturated heterocycles. The number of carbonyl (C=O) groups excluding carboxylic acids is 1. The Kier molecular flexibility index (Phi) is 7.04. The van der Waals surface area contributed by atoms with Gasteiger partial charge in [-0.05, 0) is 50.6 Å². The quantitative estimate of drug-likeness (QED) is 0.480. The van der Waals surface area contributed by atoms with Crippen LogP contribution in [-0.2, 0) is 19.4 Å². The van der Waals surface area contributed by atoms with E-state index in [4.69, 9.17) is 16.0 Å². The van der Waals surface area contributed by atoms with Crippen molar-refractivity contribution in [2.45, 2.75) is 37.0 Å². The molecule has 0 heterocycles. The monoisotopic (exact) mass is 415 g/mol. The Labute approximate surface area is 172 Å². The summed E-state index contributed by atoms with van der Waals surface area (Å²) in [4.78, 5) is 16.2. The molecule has 0 aliphatic heterocycles. The molecule has 29 heavy (non-hydrogen) atoms. The third-order valence-corrected chi connectivity index (χ3v) is 6.80. The van der Waals surface area contributed by atoms with Crippen LogP contribution in [0.2, 0.25) is 0 Å². The number of sulfone groups is 1. The second-order valence-electron chi connectivity index (χ2n) is 7.07. The summed E-state index contributed by atoms with van der Waals surface area (Å²) < 4.78 is 37.1. The number of hydrogen-bond acceptors (Lipinski definition) is 5. The topological polar surface area (TPSA) is 74.0 Å². The number of carbonyl (C=O) groups is 1. The van der Waals surface area contributed by atoms with Crippen molar-refractivity contribution in [3.63, 3.8) is 0 Å². The molecule has 0 spiro atoms. The minimum Gasteiger partial charge on any atom is -0.497 e. The number of ether oxygens (including phenoxy) is 2. The third kappa shape index (κ3) is 4.60. The van der Waals surface area contributed by atoms with Crippen molar-refractivity contribution >= 4 is 15.8 Å². The minimum atomic E-state index is -4.07. The Bertz CT molecular complexity index is 976. The fourth-order valence-electron chi connectivity index (χ4n) is 3.27. The lowest BCUT2D eigenvalue weighted by atomic mass is 9.74. The highest BCUT2D eigenvalue weighted by Gasteiger charge is 2.52. The molecule has 7 heteroatoms. The average Bonchev–Trinajstić information content (AvgIpc) is 2.72. The van der Waals surface area contributed by atoms with Gasteiger partial charge >= 0.3 is 11.3 Å². The molecule has 2 aromatic carbocycles. The maximum absolute atomic E-state index is 13.4. The number of rotatable bonds is 8. The van der Waals surface area contributed by atoms with Crippen LogP contribution in [-0.4, -0.2) is 33.5 Å². The first-order valence-electron chi connectivity index (χ1n) is 9.16. The fourth-order valence-corrected chi connectivity index (χ4v) is 5.06. The van der Waals surface area contributed by atoms with Crippen LogP contribution in [0, 0.1) is 12.0 Å². The zero-order chi connectivity index (χ0) is 21.7. The zero-order valence-corrected chi connectivity index (χ0v) is 17.8. The summed E-state index contributed by atoms with van der Waals surface area (Å²) in [5.74, 6) is -0.963. The molecule has 0 saturated carbocycles. The molecule has 2 aromatic rings. The van der Waals surface area contributed by atoms with Crippen molar-refractivity contribution in [2.75, 3.05) is 13.7 Å². The predicted molar refractivity (Wildman–Crippen MR) is 110 cm³/mol. The van der Waals surface area contributed by atoms with E-state index in [1.807, 2.05) is 0 Å². The first-order valence-corrected chi connectivity index (χ1v) is 10.7. The molecule has 0 N–H and O–H groups in total. The summed E-state index contributed by atoms with van der Waals surface area (Å²) in [6.07, 6.45) is 0. The van der Waals surface area contributed by atoms with E-state index in [0.29, 0.717) is 11.3 Å². The SMILES string of the molecule is [C-]#[N+]C(C(c1ccccc1)C(C)(C)C(=O)OCC)S(=O)(=O)c1ccc(OC)cc1. The van der Waals surface area contributed by atoms with Gasteiger partial charge in [-0.25, -0.2) is 15.0 Å². The van der Waals surface area contributed by atoms with E-state index in [-0.39, 0.29) is 11.5 Å². The van der Waals surface area contributed by atoms with Crippen LogP contribution in [0.5, 0.6) is 5.75 Å². The smallest absolute Gasteiger partial charge is 0.332 e. The van der Waals surface area contributed by atoms with Crippen molar-refractivity contribution in [1.29, 1.82) is 0 Å². The number of methoxy groups -OCH3 is 1. The Balaban J connectivity index is 2.63. The highest BCUT2D eigenvalue weighted by molar-refractivity contribution is 7.92. The van der Waals surface area contributed by atoms with Gasteiger partial charge in [0, 0.05) is 0 Å². The summed E-state index contributed by atoms with van der Waals surface area (Å²) in [5.41, 5.74) is -0.657. The average molecular weight is 416 g/mol. The summed E-state index contributed by atoms with van der Waals surface area (Å²) in [6, 6.07) is 14.6. The largest absolute Gasteiger partial charge is 0.497 e. The molecular formula is C22H25NO5S. The molecule has 2 unspecified atom stereocenters. The summed E-state index contributed by atoms with van der Waals surface area (Å²) >= 11 is 0. The maximum Gasteiger partial charge on any atom is 0.332 e. The minimum absolute atomic E-state index is 0.000102. The Morgan fingerprint density at radius 1 is 1.10 bits per heavy atom. The number of hydrogen-bond donors (Lipinski definition) is 0. The molecule has 2 atom stereocenters. The van der Waals surface area contributed by atoms with E-state index in [2.05, 4.69) is 4.85 Å². The van der Waals surface area contributed by atoms with E-state index in [1.54, 1.807) is 51.1 Å². The first kappa shape index (κ1) is 22.4. The number of nitrogens with zero attached hydrogens (tertiary/aromatic N) is 1. The van der Waals surface area contributed by atoms with E-state index < -0.39 is 32.5 Å². The van der Waals surface area contributed by atoms with Crippen LogP contribution in [0.4, 0.5) is 0 Å². The van der Waals surface area contributed by atoms with E-state index in [1.165, 1.54) is 31.4 Å². The lowest BCUT2D eigenvalue weighted by Gasteiger charge is -2.32. The van der Waals surface area contributed by atoms with E-state index in [9.17, 15) is 13.2 Å². The number of benzene rings is 2. The molecule has 0 aromatic heterocycles. The van der Waals surface area contributed by atoms with Crippen molar-refractivity contribution in [2.24, 2.45) is 5.41 Å². The molecular weight excluding hydrogens is 390 g/mol. The van der Waals surface area contributed by atoms with E-state index in [0.717, 1.165) is 0 Å². The first-order chi connectivity index (χ1) is 13.7. The van der Waals surface area contributed by atoms with Gasteiger partial charge in [-0.2, -0.15) is 0 Å². The molecule has 0 bridgehead atoms. The molecule has 0 radical (unpaired) electrons. The van der Waals surface area contributed by atoms with Crippen LogP contribution in [0.25, 0.3) is 4.85 Å². The van der Waals surface area contributed by atoms with Gasteiger partial charge in [-0.3, -0.25) is 9.64 Å². The van der Waals surface area contributed by atoms with Crippen LogP contribution >= 0.6 is 0 Å². The van der Waals surface area contributed by atoms with Gasteiger partial charge in [0.1, 0.15) is 5.75 Å². The fraction of sp³-hybridized carbons (Fsp3) is 0.364. The summed E-state index contributed by atoms with van der Waals surface area (Å²) in [6.45, 7) is 12.8. The lowest BCUT2D eigenvalue weighted by molar-refractivity contribution is -0.154. The Morgan fingerprint density at radius 2 is 1.69 bits per heavy atom. The molecule has 0 aliphatic carbocycles. The second-order valence-corrected chi connectivity index (χ2v) is 9.12. The van der Waals surface area contributed by atoms with Gasteiger partial charge < -0.3 is 9.47 Å². The van der Waals surface area contributed by atoms with Gasteiger partial charge in [0.25, 0.3) is 9.84 Å². The lowest BCUT2D eigenvalue weighted by Crippen LogP contribution is -2.41. The molecule has 2 rings (SSSR count). The maximum atomic E-state index is 13.4. The normalized spacial score (nSPS) is 13.8. The van der Waals surface area contributed by atoms with Gasteiger partial charge in [0.05, 0.1) is 29.9 Å². The highest BCUT2D eigenvalue weighted by Crippen LogP contribution is 2.43. The summed E-state index contributed by atoms with van der Waals surface area (Å²) in [7, 11) is -2.59. The van der Waals surface area contributed by atoms with Crippen molar-refractivity contribution in [3.8, 4) is 5.75 Å². The third-order valence-electron chi connectivity index (χ3n) is 4.86. The predicted octanol–water partition coefficient (Wildman–Crippen LogP) is 4.09. The van der Waals surface area contributed by atoms with Crippen molar-refractivity contribution in [1.82, 2.24) is 0 Å². The van der Waals surface area contributed by atoms with Crippen LogP contribution < -0.4 is 4.74 Å². The van der Waals surface area contributed by atoms with Crippen molar-refractivity contribution in [3.05, 3.63) is 71.6 Å². The standard InChI is InChI=1S/C22H25NO5S/c1-6-28-21(24)22(2,3)19(16-10-8-7-9-11-16)20(23-4)29(25,26)18-14-12-17(27-5)13-15-18/h7-15,19-20H,6H2,1-3,5H3. The van der Waals surface area contributed by atoms with Crippen LogP contribution in [0.3, 0.4) is 0 Å². The molecule has 0 fully saturated rings. The molecule has 154 valence electrons. The zero-order valence-electron chi connectivity index (χ0n) is 17.0. The molecule has 6 nitrogen and oxygen atoms in total.